The molecule has 0 aliphatic heterocycles. The highest BCUT2D eigenvalue weighted by molar-refractivity contribution is 5.74. The van der Waals surface area contributed by atoms with Crippen molar-refractivity contribution in [1.82, 2.24) is 15.1 Å². The molecule has 0 spiro atoms. The van der Waals surface area contributed by atoms with E-state index in [2.05, 4.69) is 10.4 Å². The molecule has 0 unspecified atom stereocenters. The molecule has 4 aromatic rings. The molecule has 1 amide bonds. The van der Waals surface area contributed by atoms with Gasteiger partial charge in [0, 0.05) is 29.9 Å². The topological polar surface area (TPSA) is 101 Å². The first-order valence-corrected chi connectivity index (χ1v) is 15.5. The maximum absolute atomic E-state index is 16.1. The summed E-state index contributed by atoms with van der Waals surface area (Å²) in [6.45, 7) is 12.8. The first kappa shape index (κ1) is 35.0. The fourth-order valence-corrected chi connectivity index (χ4v) is 4.83. The van der Waals surface area contributed by atoms with Crippen molar-refractivity contribution in [3.63, 3.8) is 0 Å². The Bertz CT molecular complexity index is 1700. The zero-order valence-electron chi connectivity index (χ0n) is 28.3. The summed E-state index contributed by atoms with van der Waals surface area (Å²) in [6.07, 6.45) is 1.25. The van der Waals surface area contributed by atoms with Gasteiger partial charge in [0.1, 0.15) is 41.7 Å². The molecule has 0 saturated carbocycles. The normalized spacial score (nSPS) is 12.3. The van der Waals surface area contributed by atoms with Crippen molar-refractivity contribution in [2.24, 2.45) is 7.05 Å². The minimum absolute atomic E-state index is 0.0550. The number of benzene rings is 3. The van der Waals surface area contributed by atoms with Gasteiger partial charge in [0.25, 0.3) is 0 Å². The zero-order valence-corrected chi connectivity index (χ0v) is 28.3. The van der Waals surface area contributed by atoms with E-state index in [0.717, 1.165) is 11.3 Å². The van der Waals surface area contributed by atoms with Gasteiger partial charge in [-0.1, -0.05) is 36.4 Å². The number of alkyl carbamates (subject to hydrolysis) is 1. The predicted octanol–water partition coefficient (Wildman–Crippen LogP) is 7.85. The van der Waals surface area contributed by atoms with Crippen molar-refractivity contribution in [3.05, 3.63) is 101 Å². The highest BCUT2D eigenvalue weighted by Crippen LogP contribution is 2.33. The van der Waals surface area contributed by atoms with E-state index >= 15 is 4.39 Å². The zero-order chi connectivity index (χ0) is 34.4. The second kappa shape index (κ2) is 14.7. The predicted molar refractivity (Wildman–Crippen MR) is 177 cm³/mol. The lowest BCUT2D eigenvalue weighted by Crippen LogP contribution is -2.34. The van der Waals surface area contributed by atoms with Crippen LogP contribution < -0.4 is 14.8 Å². The fraction of sp³-hybridized carbons (Fsp3) is 0.378. The molecule has 9 nitrogen and oxygen atoms in total. The Labute approximate surface area is 276 Å². The van der Waals surface area contributed by atoms with Crippen LogP contribution in [0.3, 0.4) is 0 Å². The molecule has 1 heterocycles. The van der Waals surface area contributed by atoms with Gasteiger partial charge in [-0.15, -0.1) is 0 Å². The summed E-state index contributed by atoms with van der Waals surface area (Å²) >= 11 is 0. The van der Waals surface area contributed by atoms with Crippen LogP contribution >= 0.6 is 0 Å². The van der Waals surface area contributed by atoms with Crippen LogP contribution in [-0.2, 0) is 41.0 Å². The number of ether oxygens (including phenoxy) is 4. The first-order valence-electron chi connectivity index (χ1n) is 15.5. The summed E-state index contributed by atoms with van der Waals surface area (Å²) in [4.78, 5) is 25.0. The van der Waals surface area contributed by atoms with Crippen molar-refractivity contribution in [1.29, 1.82) is 0 Å². The van der Waals surface area contributed by atoms with Gasteiger partial charge in [-0.25, -0.2) is 9.18 Å². The molecule has 250 valence electrons. The molecular formula is C37H44FN3O6. The van der Waals surface area contributed by atoms with E-state index in [4.69, 9.17) is 18.9 Å². The number of hydrogen-bond acceptors (Lipinski definition) is 7. The van der Waals surface area contributed by atoms with Crippen LogP contribution in [0.5, 0.6) is 11.5 Å². The largest absolute Gasteiger partial charge is 0.489 e. The van der Waals surface area contributed by atoms with Crippen LogP contribution in [-0.4, -0.2) is 33.0 Å². The van der Waals surface area contributed by atoms with Gasteiger partial charge in [0.15, 0.2) is 0 Å². The van der Waals surface area contributed by atoms with E-state index in [1.165, 1.54) is 0 Å². The van der Waals surface area contributed by atoms with E-state index in [-0.39, 0.29) is 25.6 Å². The van der Waals surface area contributed by atoms with Crippen LogP contribution in [0.25, 0.3) is 11.1 Å². The standard InChI is InChI=1S/C37H44FN3O6/c1-24(39-35(43)47-37(5,6)7)30-13-11-14-31(34(30)38)27-18-25(19-29(20-27)44-23-28-16-17-41(8)40-28)22-45-32-15-10-9-12-26(32)21-33(42)46-36(2,3)4/h9-20,24H,21-23H2,1-8H3,(H,39,43)/t24-/m1/s1. The third-order valence-electron chi connectivity index (χ3n) is 6.78. The summed E-state index contributed by atoms with van der Waals surface area (Å²) in [5, 5.41) is 7.09. The lowest BCUT2D eigenvalue weighted by Gasteiger charge is -2.22. The summed E-state index contributed by atoms with van der Waals surface area (Å²) in [5.41, 5.74) is 2.06. The molecule has 1 aromatic heterocycles. The minimum Gasteiger partial charge on any atom is -0.489 e. The van der Waals surface area contributed by atoms with Crippen LogP contribution in [0.4, 0.5) is 9.18 Å². The number of rotatable bonds is 11. The molecule has 10 heteroatoms. The number of nitrogens with zero attached hydrogens (tertiary/aromatic N) is 2. The fourth-order valence-electron chi connectivity index (χ4n) is 4.83. The number of carbonyl (C=O) groups excluding carboxylic acids is 2. The van der Waals surface area contributed by atoms with Crippen molar-refractivity contribution in [3.8, 4) is 22.6 Å². The number of carbonyl (C=O) groups is 2. The molecular weight excluding hydrogens is 601 g/mol. The van der Waals surface area contributed by atoms with E-state index in [9.17, 15) is 9.59 Å². The molecule has 0 fully saturated rings. The van der Waals surface area contributed by atoms with Gasteiger partial charge < -0.3 is 24.3 Å². The van der Waals surface area contributed by atoms with E-state index in [1.54, 1.807) is 62.7 Å². The van der Waals surface area contributed by atoms with Gasteiger partial charge >= 0.3 is 12.1 Å². The summed E-state index contributed by atoms with van der Waals surface area (Å²) in [5.74, 6) is 0.201. The van der Waals surface area contributed by atoms with Crippen LogP contribution in [0.15, 0.2) is 72.9 Å². The molecule has 1 N–H and O–H groups in total. The van der Waals surface area contributed by atoms with Gasteiger partial charge in [-0.05, 0) is 89.9 Å². The Kier molecular flexibility index (Phi) is 11.0. The number of hydrogen-bond donors (Lipinski definition) is 1. The van der Waals surface area contributed by atoms with E-state index < -0.39 is 29.2 Å². The molecule has 0 saturated heterocycles. The Morgan fingerprint density at radius 3 is 2.30 bits per heavy atom. The Hall–Kier alpha value is -4.86. The van der Waals surface area contributed by atoms with Crippen LogP contribution in [0.2, 0.25) is 0 Å². The Morgan fingerprint density at radius 1 is 0.894 bits per heavy atom. The third kappa shape index (κ3) is 10.6. The molecule has 0 aliphatic rings. The number of esters is 1. The number of nitrogens with one attached hydrogen (secondary N) is 1. The summed E-state index contributed by atoms with van der Waals surface area (Å²) < 4.78 is 41.0. The highest BCUT2D eigenvalue weighted by Gasteiger charge is 2.22. The van der Waals surface area contributed by atoms with Crippen LogP contribution in [0, 0.1) is 5.82 Å². The van der Waals surface area contributed by atoms with Crippen molar-refractivity contribution in [2.75, 3.05) is 0 Å². The van der Waals surface area contributed by atoms with E-state index in [1.807, 2.05) is 70.4 Å². The Balaban J connectivity index is 1.62. The maximum atomic E-state index is 16.1. The monoisotopic (exact) mass is 645 g/mol. The Morgan fingerprint density at radius 2 is 1.62 bits per heavy atom. The van der Waals surface area contributed by atoms with Crippen molar-refractivity contribution < 1.29 is 32.9 Å². The molecule has 0 aliphatic carbocycles. The van der Waals surface area contributed by atoms with Crippen LogP contribution in [0.1, 0.15) is 76.9 Å². The quantitative estimate of drug-likeness (QED) is 0.166. The third-order valence-corrected chi connectivity index (χ3v) is 6.78. The average molecular weight is 646 g/mol. The van der Waals surface area contributed by atoms with Gasteiger partial charge in [-0.2, -0.15) is 5.10 Å². The van der Waals surface area contributed by atoms with Crippen molar-refractivity contribution in [2.45, 2.75) is 85.3 Å². The minimum atomic E-state index is -0.686. The second-order valence-corrected chi connectivity index (χ2v) is 13.4. The van der Waals surface area contributed by atoms with Gasteiger partial charge in [0.2, 0.25) is 0 Å². The summed E-state index contributed by atoms with van der Waals surface area (Å²) in [7, 11) is 1.83. The lowest BCUT2D eigenvalue weighted by atomic mass is 9.97. The lowest BCUT2D eigenvalue weighted by molar-refractivity contribution is -0.153. The number of amides is 1. The smallest absolute Gasteiger partial charge is 0.408 e. The number of aromatic nitrogens is 2. The highest BCUT2D eigenvalue weighted by atomic mass is 19.1. The molecule has 47 heavy (non-hydrogen) atoms. The first-order chi connectivity index (χ1) is 22.1. The molecule has 0 bridgehead atoms. The van der Waals surface area contributed by atoms with Crippen molar-refractivity contribution >= 4 is 12.1 Å². The second-order valence-electron chi connectivity index (χ2n) is 13.4. The van der Waals surface area contributed by atoms with E-state index in [0.29, 0.717) is 33.8 Å². The molecule has 0 radical (unpaired) electrons. The number of para-hydroxylation sites is 1. The molecule has 4 rings (SSSR count). The number of halogens is 1. The molecule has 3 aromatic carbocycles. The number of aryl methyl sites for hydroxylation is 1. The SMILES string of the molecule is C[C@@H](NC(=O)OC(C)(C)C)c1cccc(-c2cc(COc3ccccc3CC(=O)OC(C)(C)C)cc(OCc3ccn(C)n3)c2)c1F. The maximum Gasteiger partial charge on any atom is 0.408 e. The van der Waals surface area contributed by atoms with Gasteiger partial charge in [-0.3, -0.25) is 9.48 Å². The molecule has 1 atom stereocenters. The summed E-state index contributed by atoms with van der Waals surface area (Å²) in [6, 6.07) is 19.0. The average Bonchev–Trinajstić information content (AvgIpc) is 3.38. The van der Waals surface area contributed by atoms with Gasteiger partial charge in [0.05, 0.1) is 18.2 Å².